The molecule has 3 atom stereocenters. The summed E-state index contributed by atoms with van der Waals surface area (Å²) in [6, 6.07) is 9.46. The maximum absolute atomic E-state index is 13.4. The van der Waals surface area contributed by atoms with Crippen LogP contribution in [0.3, 0.4) is 0 Å². The number of nitrogens with one attached hydrogen (secondary N) is 2. The Bertz CT molecular complexity index is 710. The van der Waals surface area contributed by atoms with E-state index in [-0.39, 0.29) is 29.7 Å². The van der Waals surface area contributed by atoms with Gasteiger partial charge in [0, 0.05) is 59.5 Å². The van der Waals surface area contributed by atoms with Crippen molar-refractivity contribution in [2.45, 2.75) is 12.5 Å². The summed E-state index contributed by atoms with van der Waals surface area (Å²) in [5.41, 5.74) is 4.21. The molecular formula is C21H31N5O3. The number of methoxy groups -OCH3 is 1. The summed E-state index contributed by atoms with van der Waals surface area (Å²) in [7, 11) is 1.70. The Hall–Kier alpha value is -2.00. The number of piperidine rings is 1. The van der Waals surface area contributed by atoms with Crippen molar-refractivity contribution in [3.63, 3.8) is 0 Å². The van der Waals surface area contributed by atoms with Crippen LogP contribution >= 0.6 is 0 Å². The highest BCUT2D eigenvalue weighted by Crippen LogP contribution is 2.32. The molecule has 0 bridgehead atoms. The Kier molecular flexibility index (Phi) is 6.44. The van der Waals surface area contributed by atoms with Crippen molar-refractivity contribution >= 4 is 17.5 Å². The predicted molar refractivity (Wildman–Crippen MR) is 110 cm³/mol. The summed E-state index contributed by atoms with van der Waals surface area (Å²) < 4.78 is 5.19. The van der Waals surface area contributed by atoms with E-state index in [1.807, 2.05) is 35.2 Å². The number of amides is 2. The molecule has 3 aliphatic heterocycles. The fourth-order valence-electron chi connectivity index (χ4n) is 4.67. The van der Waals surface area contributed by atoms with Gasteiger partial charge in [-0.3, -0.25) is 9.59 Å². The van der Waals surface area contributed by atoms with Crippen LogP contribution in [0.15, 0.2) is 30.3 Å². The zero-order valence-corrected chi connectivity index (χ0v) is 17.0. The van der Waals surface area contributed by atoms with Crippen LogP contribution in [-0.2, 0) is 14.3 Å². The lowest BCUT2D eigenvalue weighted by Crippen LogP contribution is -2.59. The van der Waals surface area contributed by atoms with Crippen molar-refractivity contribution in [2.24, 2.45) is 11.8 Å². The molecule has 0 saturated carbocycles. The van der Waals surface area contributed by atoms with Crippen LogP contribution < -0.4 is 15.8 Å². The zero-order valence-electron chi connectivity index (χ0n) is 17.0. The third-order valence-electron chi connectivity index (χ3n) is 6.18. The Morgan fingerprint density at radius 3 is 2.66 bits per heavy atom. The fraction of sp³-hybridized carbons (Fsp3) is 0.619. The van der Waals surface area contributed by atoms with E-state index in [1.54, 1.807) is 12.1 Å². The van der Waals surface area contributed by atoms with Crippen LogP contribution in [0.5, 0.6) is 0 Å². The Morgan fingerprint density at radius 2 is 1.93 bits per heavy atom. The standard InChI is InChI=1S/C21H31N5O3/c1-29-13-5-10-24-14-17(20(27)25-11-8-22-9-12-25)19-18(15-24)21(28)26(23-19)16-6-3-2-4-7-16/h2-4,6-7,17-19,22-23H,5,8-15H2,1H3. The molecule has 0 spiro atoms. The quantitative estimate of drug-likeness (QED) is 0.650. The predicted octanol–water partition coefficient (Wildman–Crippen LogP) is -0.0773. The van der Waals surface area contributed by atoms with Crippen molar-refractivity contribution in [1.29, 1.82) is 0 Å². The molecule has 8 nitrogen and oxygen atoms in total. The van der Waals surface area contributed by atoms with E-state index in [0.29, 0.717) is 19.7 Å². The lowest BCUT2D eigenvalue weighted by atomic mass is 9.83. The van der Waals surface area contributed by atoms with E-state index < -0.39 is 0 Å². The minimum Gasteiger partial charge on any atom is -0.385 e. The van der Waals surface area contributed by atoms with Crippen molar-refractivity contribution in [3.05, 3.63) is 30.3 Å². The van der Waals surface area contributed by atoms with Gasteiger partial charge in [0.15, 0.2) is 0 Å². The van der Waals surface area contributed by atoms with E-state index in [4.69, 9.17) is 4.74 Å². The number of para-hydroxylation sites is 1. The van der Waals surface area contributed by atoms with Gasteiger partial charge in [-0.2, -0.15) is 0 Å². The molecule has 3 unspecified atom stereocenters. The van der Waals surface area contributed by atoms with Gasteiger partial charge in [0.1, 0.15) is 0 Å². The van der Waals surface area contributed by atoms with E-state index in [2.05, 4.69) is 15.6 Å². The average molecular weight is 402 g/mol. The summed E-state index contributed by atoms with van der Waals surface area (Å²) in [4.78, 5) is 30.9. The first-order valence-corrected chi connectivity index (χ1v) is 10.5. The van der Waals surface area contributed by atoms with E-state index in [0.717, 1.165) is 44.8 Å². The van der Waals surface area contributed by atoms with E-state index in [9.17, 15) is 9.59 Å². The number of carbonyl (C=O) groups excluding carboxylic acids is 2. The second-order valence-corrected chi connectivity index (χ2v) is 8.06. The number of ether oxygens (including phenoxy) is 1. The SMILES string of the molecule is COCCCN1CC(C(=O)N2CCNCC2)C2NN(c3ccccc3)C(=O)C2C1. The molecule has 2 amide bonds. The summed E-state index contributed by atoms with van der Waals surface area (Å²) in [5.74, 6) is -0.237. The smallest absolute Gasteiger partial charge is 0.247 e. The molecule has 3 saturated heterocycles. The number of nitrogens with zero attached hydrogens (tertiary/aromatic N) is 3. The molecule has 8 heteroatoms. The first-order chi connectivity index (χ1) is 14.2. The lowest BCUT2D eigenvalue weighted by Gasteiger charge is -2.41. The van der Waals surface area contributed by atoms with Gasteiger partial charge < -0.3 is 19.9 Å². The fourth-order valence-corrected chi connectivity index (χ4v) is 4.67. The van der Waals surface area contributed by atoms with Crippen molar-refractivity contribution in [1.82, 2.24) is 20.5 Å². The summed E-state index contributed by atoms with van der Waals surface area (Å²) in [6.07, 6.45) is 0.895. The second-order valence-electron chi connectivity index (χ2n) is 8.06. The molecule has 3 fully saturated rings. The van der Waals surface area contributed by atoms with Gasteiger partial charge in [-0.15, -0.1) is 0 Å². The van der Waals surface area contributed by atoms with E-state index in [1.165, 1.54) is 0 Å². The molecule has 158 valence electrons. The topological polar surface area (TPSA) is 77.2 Å². The average Bonchev–Trinajstić information content (AvgIpc) is 3.11. The van der Waals surface area contributed by atoms with Crippen LogP contribution in [0.1, 0.15) is 6.42 Å². The first-order valence-electron chi connectivity index (χ1n) is 10.5. The van der Waals surface area contributed by atoms with Crippen LogP contribution in [-0.4, -0.2) is 87.2 Å². The Morgan fingerprint density at radius 1 is 1.17 bits per heavy atom. The number of hydrogen-bond acceptors (Lipinski definition) is 6. The third-order valence-corrected chi connectivity index (χ3v) is 6.18. The van der Waals surface area contributed by atoms with Gasteiger partial charge in [-0.25, -0.2) is 10.4 Å². The third kappa shape index (κ3) is 4.30. The van der Waals surface area contributed by atoms with Gasteiger partial charge >= 0.3 is 0 Å². The second kappa shape index (κ2) is 9.21. The molecule has 3 heterocycles. The summed E-state index contributed by atoms with van der Waals surface area (Å²) in [5, 5.41) is 4.95. The number of hydrogen-bond donors (Lipinski definition) is 2. The van der Waals surface area contributed by atoms with Crippen molar-refractivity contribution < 1.29 is 14.3 Å². The summed E-state index contributed by atoms with van der Waals surface area (Å²) in [6.45, 7) is 5.98. The molecule has 2 N–H and O–H groups in total. The highest BCUT2D eigenvalue weighted by Gasteiger charge is 2.51. The number of fused-ring (bicyclic) bond motifs is 1. The number of rotatable bonds is 6. The Labute approximate surface area is 172 Å². The van der Waals surface area contributed by atoms with Crippen LogP contribution in [0.2, 0.25) is 0 Å². The van der Waals surface area contributed by atoms with Crippen LogP contribution in [0, 0.1) is 11.8 Å². The van der Waals surface area contributed by atoms with Crippen LogP contribution in [0.25, 0.3) is 0 Å². The van der Waals surface area contributed by atoms with Gasteiger partial charge in [0.2, 0.25) is 11.8 Å². The molecule has 29 heavy (non-hydrogen) atoms. The highest BCUT2D eigenvalue weighted by molar-refractivity contribution is 5.98. The molecular weight excluding hydrogens is 370 g/mol. The monoisotopic (exact) mass is 401 g/mol. The molecule has 1 aromatic carbocycles. The van der Waals surface area contributed by atoms with Crippen molar-refractivity contribution in [2.75, 3.05) is 64.5 Å². The number of anilines is 1. The van der Waals surface area contributed by atoms with Gasteiger partial charge in [0.25, 0.3) is 0 Å². The minimum atomic E-state index is -0.230. The molecule has 3 aliphatic rings. The number of hydrazine groups is 1. The molecule has 1 aromatic rings. The minimum absolute atomic E-state index is 0.0516. The van der Waals surface area contributed by atoms with E-state index >= 15 is 0 Å². The lowest BCUT2D eigenvalue weighted by molar-refractivity contribution is -0.140. The number of benzene rings is 1. The van der Waals surface area contributed by atoms with Crippen molar-refractivity contribution in [3.8, 4) is 0 Å². The van der Waals surface area contributed by atoms with Gasteiger partial charge in [-0.05, 0) is 18.6 Å². The van der Waals surface area contributed by atoms with Crippen LogP contribution in [0.4, 0.5) is 5.69 Å². The highest BCUT2D eigenvalue weighted by atomic mass is 16.5. The maximum Gasteiger partial charge on any atom is 0.247 e. The molecule has 0 radical (unpaired) electrons. The number of likely N-dealkylation sites (tertiary alicyclic amines) is 1. The normalized spacial score (nSPS) is 27.9. The number of carbonyl (C=O) groups is 2. The first kappa shape index (κ1) is 20.3. The summed E-state index contributed by atoms with van der Waals surface area (Å²) >= 11 is 0. The molecule has 0 aliphatic carbocycles. The van der Waals surface area contributed by atoms with Gasteiger partial charge in [-0.1, -0.05) is 18.2 Å². The molecule has 0 aromatic heterocycles. The number of piperazine rings is 1. The largest absolute Gasteiger partial charge is 0.385 e. The zero-order chi connectivity index (χ0) is 20.2. The Balaban J connectivity index is 1.55. The molecule has 4 rings (SSSR count). The van der Waals surface area contributed by atoms with Gasteiger partial charge in [0.05, 0.1) is 23.6 Å². The maximum atomic E-state index is 13.4.